The maximum absolute atomic E-state index is 11.9. The van der Waals surface area contributed by atoms with Crippen LogP contribution in [0.5, 0.6) is 0 Å². The lowest BCUT2D eigenvalue weighted by molar-refractivity contribution is -0.126. The van der Waals surface area contributed by atoms with Crippen LogP contribution in [0, 0.1) is 0 Å². The molecule has 0 aliphatic heterocycles. The third-order valence-electron chi connectivity index (χ3n) is 5.19. The third-order valence-corrected chi connectivity index (χ3v) is 5.19. The number of primary amides is 1. The van der Waals surface area contributed by atoms with Crippen LogP contribution < -0.4 is 11.1 Å². The number of amides is 1. The molecule has 19 heavy (non-hydrogen) atoms. The normalized spacial score (nSPS) is 32.9. The first-order valence-electron chi connectivity index (χ1n) is 7.86. The predicted octanol–water partition coefficient (Wildman–Crippen LogP) is 1.64. The van der Waals surface area contributed by atoms with Crippen molar-refractivity contribution in [3.05, 3.63) is 0 Å². The van der Waals surface area contributed by atoms with Crippen molar-refractivity contribution in [2.24, 2.45) is 5.73 Å². The maximum Gasteiger partial charge on any atom is 0.237 e. The highest BCUT2D eigenvalue weighted by atomic mass is 16.1. The lowest BCUT2D eigenvalue weighted by atomic mass is 9.77. The van der Waals surface area contributed by atoms with Crippen LogP contribution in [0.4, 0.5) is 0 Å². The van der Waals surface area contributed by atoms with Crippen LogP contribution >= 0.6 is 0 Å². The van der Waals surface area contributed by atoms with Crippen molar-refractivity contribution in [3.63, 3.8) is 0 Å². The van der Waals surface area contributed by atoms with Crippen LogP contribution in [0.15, 0.2) is 0 Å². The van der Waals surface area contributed by atoms with Gasteiger partial charge in [-0.25, -0.2) is 0 Å². The van der Waals surface area contributed by atoms with Crippen molar-refractivity contribution < 1.29 is 4.79 Å². The Bertz CT molecular complexity index is 311. The molecule has 1 amide bonds. The molecule has 0 spiro atoms. The lowest BCUT2D eigenvalue weighted by Crippen LogP contribution is -2.60. The number of nitrogens with two attached hydrogens (primary N) is 1. The Balaban J connectivity index is 2.04. The Kier molecular flexibility index (Phi) is 4.85. The molecule has 2 fully saturated rings. The van der Waals surface area contributed by atoms with E-state index in [-0.39, 0.29) is 5.91 Å². The van der Waals surface area contributed by atoms with Gasteiger partial charge in [-0.15, -0.1) is 0 Å². The van der Waals surface area contributed by atoms with Crippen molar-refractivity contribution in [3.8, 4) is 0 Å². The molecule has 0 saturated heterocycles. The summed E-state index contributed by atoms with van der Waals surface area (Å²) in [5.74, 6) is -0.168. The SMILES string of the molecule is CCNC1(C(N)=O)CCCC(N(C)C2CCCC2)C1. The van der Waals surface area contributed by atoms with Gasteiger partial charge in [0, 0.05) is 12.1 Å². The molecule has 2 rings (SSSR count). The van der Waals surface area contributed by atoms with Crippen molar-refractivity contribution >= 4 is 5.91 Å². The molecule has 3 N–H and O–H groups in total. The summed E-state index contributed by atoms with van der Waals surface area (Å²) in [4.78, 5) is 14.4. The van der Waals surface area contributed by atoms with Gasteiger partial charge in [-0.1, -0.05) is 19.8 Å². The number of likely N-dealkylation sites (N-methyl/N-ethyl adjacent to an activating group) is 1. The van der Waals surface area contributed by atoms with Gasteiger partial charge in [0.2, 0.25) is 5.91 Å². The molecule has 0 aromatic rings. The highest BCUT2D eigenvalue weighted by Crippen LogP contribution is 2.34. The molecular weight excluding hydrogens is 238 g/mol. The minimum atomic E-state index is -0.468. The van der Waals surface area contributed by atoms with Gasteiger partial charge in [-0.05, 0) is 52.1 Å². The summed E-state index contributed by atoms with van der Waals surface area (Å²) in [5, 5.41) is 3.37. The highest BCUT2D eigenvalue weighted by molar-refractivity contribution is 5.84. The van der Waals surface area contributed by atoms with Crippen LogP contribution in [0.2, 0.25) is 0 Å². The topological polar surface area (TPSA) is 58.4 Å². The Morgan fingerprint density at radius 3 is 2.47 bits per heavy atom. The fourth-order valence-corrected chi connectivity index (χ4v) is 4.01. The second kappa shape index (κ2) is 6.23. The van der Waals surface area contributed by atoms with Crippen molar-refractivity contribution in [1.82, 2.24) is 10.2 Å². The second-order valence-electron chi connectivity index (χ2n) is 6.33. The van der Waals surface area contributed by atoms with E-state index in [1.54, 1.807) is 0 Å². The van der Waals surface area contributed by atoms with E-state index in [1.807, 2.05) is 0 Å². The summed E-state index contributed by atoms with van der Waals surface area (Å²) in [6.07, 6.45) is 9.42. The van der Waals surface area contributed by atoms with Crippen molar-refractivity contribution in [2.45, 2.75) is 75.9 Å². The molecular formula is C15H29N3O. The molecule has 0 radical (unpaired) electrons. The van der Waals surface area contributed by atoms with E-state index in [0.29, 0.717) is 6.04 Å². The van der Waals surface area contributed by atoms with Crippen LogP contribution in [0.3, 0.4) is 0 Å². The van der Waals surface area contributed by atoms with E-state index in [9.17, 15) is 4.79 Å². The third kappa shape index (κ3) is 3.11. The van der Waals surface area contributed by atoms with Gasteiger partial charge in [0.15, 0.2) is 0 Å². The first-order valence-corrected chi connectivity index (χ1v) is 7.86. The van der Waals surface area contributed by atoms with Gasteiger partial charge in [0.25, 0.3) is 0 Å². The second-order valence-corrected chi connectivity index (χ2v) is 6.33. The van der Waals surface area contributed by atoms with Gasteiger partial charge >= 0.3 is 0 Å². The molecule has 0 aromatic carbocycles. The average molecular weight is 267 g/mol. The van der Waals surface area contributed by atoms with Gasteiger partial charge in [-0.2, -0.15) is 0 Å². The van der Waals surface area contributed by atoms with E-state index in [4.69, 9.17) is 5.73 Å². The molecule has 2 aliphatic carbocycles. The van der Waals surface area contributed by atoms with Crippen LogP contribution in [-0.2, 0) is 4.79 Å². The van der Waals surface area contributed by atoms with Crippen molar-refractivity contribution in [1.29, 1.82) is 0 Å². The van der Waals surface area contributed by atoms with Gasteiger partial charge < -0.3 is 16.0 Å². The summed E-state index contributed by atoms with van der Waals surface area (Å²) in [6, 6.07) is 1.22. The number of hydrogen-bond acceptors (Lipinski definition) is 3. The van der Waals surface area contributed by atoms with Gasteiger partial charge in [0.1, 0.15) is 0 Å². The summed E-state index contributed by atoms with van der Waals surface area (Å²) in [5.41, 5.74) is 5.22. The lowest BCUT2D eigenvalue weighted by Gasteiger charge is -2.44. The first-order chi connectivity index (χ1) is 9.09. The zero-order chi connectivity index (χ0) is 13.9. The molecule has 0 aromatic heterocycles. The fraction of sp³-hybridized carbons (Fsp3) is 0.933. The monoisotopic (exact) mass is 267 g/mol. The van der Waals surface area contributed by atoms with E-state index < -0.39 is 5.54 Å². The molecule has 110 valence electrons. The van der Waals surface area contributed by atoms with Gasteiger partial charge in [0.05, 0.1) is 5.54 Å². The van der Waals surface area contributed by atoms with Crippen LogP contribution in [0.1, 0.15) is 58.3 Å². The molecule has 2 aliphatic rings. The number of carbonyl (C=O) groups excluding carboxylic acids is 1. The number of rotatable bonds is 5. The van der Waals surface area contributed by atoms with E-state index in [1.165, 1.54) is 32.1 Å². The minimum Gasteiger partial charge on any atom is -0.368 e. The summed E-state index contributed by atoms with van der Waals surface area (Å²) in [7, 11) is 2.24. The molecule has 4 heteroatoms. The summed E-state index contributed by atoms with van der Waals surface area (Å²) < 4.78 is 0. The Labute approximate surface area is 117 Å². The molecule has 2 atom stereocenters. The molecule has 2 saturated carbocycles. The Morgan fingerprint density at radius 1 is 1.26 bits per heavy atom. The fourth-order valence-electron chi connectivity index (χ4n) is 4.01. The molecule has 4 nitrogen and oxygen atoms in total. The van der Waals surface area contributed by atoms with E-state index in [0.717, 1.165) is 31.8 Å². The number of nitrogens with zero attached hydrogens (tertiary/aromatic N) is 1. The largest absolute Gasteiger partial charge is 0.368 e. The molecule has 0 bridgehead atoms. The maximum atomic E-state index is 11.9. The van der Waals surface area contributed by atoms with E-state index in [2.05, 4.69) is 24.2 Å². The highest BCUT2D eigenvalue weighted by Gasteiger charge is 2.42. The number of nitrogens with one attached hydrogen (secondary N) is 1. The molecule has 2 unspecified atom stereocenters. The van der Waals surface area contributed by atoms with Crippen LogP contribution in [0.25, 0.3) is 0 Å². The summed E-state index contributed by atoms with van der Waals surface area (Å²) in [6.45, 7) is 2.86. The quantitative estimate of drug-likeness (QED) is 0.796. The smallest absolute Gasteiger partial charge is 0.237 e. The summed E-state index contributed by atoms with van der Waals surface area (Å²) >= 11 is 0. The van der Waals surface area contributed by atoms with Crippen LogP contribution in [-0.4, -0.2) is 42.0 Å². The number of carbonyl (C=O) groups is 1. The minimum absolute atomic E-state index is 0.168. The predicted molar refractivity (Wildman–Crippen MR) is 77.9 cm³/mol. The Hall–Kier alpha value is -0.610. The zero-order valence-electron chi connectivity index (χ0n) is 12.5. The Morgan fingerprint density at radius 2 is 1.89 bits per heavy atom. The van der Waals surface area contributed by atoms with Gasteiger partial charge in [-0.3, -0.25) is 4.79 Å². The van der Waals surface area contributed by atoms with E-state index >= 15 is 0 Å². The average Bonchev–Trinajstić information content (AvgIpc) is 2.92. The van der Waals surface area contributed by atoms with Crippen molar-refractivity contribution in [2.75, 3.05) is 13.6 Å². The zero-order valence-corrected chi connectivity index (χ0v) is 12.5. The first kappa shape index (κ1) is 14.8. The number of hydrogen-bond donors (Lipinski definition) is 2. The standard InChI is InChI=1S/C15H29N3O/c1-3-17-15(14(16)19)10-6-9-13(11-15)18(2)12-7-4-5-8-12/h12-13,17H,3-11H2,1-2H3,(H2,16,19). The molecule has 0 heterocycles.